The van der Waals surface area contributed by atoms with E-state index in [1.807, 2.05) is 27.7 Å². The van der Waals surface area contributed by atoms with Crippen LogP contribution in [-0.2, 0) is 20.3 Å². The number of ether oxygens (including phenoxy) is 2. The van der Waals surface area contributed by atoms with E-state index in [1.54, 1.807) is 6.07 Å². The molecule has 0 aliphatic rings. The molecule has 0 N–H and O–H groups in total. The topological polar surface area (TPSA) is 27.7 Å². The van der Waals surface area contributed by atoms with Crippen molar-refractivity contribution >= 4 is 9.76 Å². The second-order valence-electron chi connectivity index (χ2n) is 5.17. The maximum Gasteiger partial charge on any atom is 0.262 e. The predicted molar refractivity (Wildman–Crippen MR) is 77.9 cm³/mol. The lowest BCUT2D eigenvalue weighted by atomic mass is 10.2. The normalized spacial score (nSPS) is 11.9. The largest absolute Gasteiger partial charge is 0.372 e. The van der Waals surface area contributed by atoms with Crippen LogP contribution in [0.15, 0.2) is 18.2 Å². The molecule has 1 rings (SSSR count). The van der Waals surface area contributed by atoms with Crippen molar-refractivity contribution in [3.63, 3.8) is 0 Å². The van der Waals surface area contributed by atoms with Gasteiger partial charge in [0.25, 0.3) is 6.48 Å². The Morgan fingerprint density at radius 1 is 1.00 bits per heavy atom. The first-order valence-electron chi connectivity index (χ1n) is 7.02. The van der Waals surface area contributed by atoms with Crippen LogP contribution in [0.2, 0.25) is 6.04 Å². The highest BCUT2D eigenvalue weighted by atomic mass is 28.2. The van der Waals surface area contributed by atoms with Gasteiger partial charge in [-0.25, -0.2) is 8.78 Å². The molecule has 0 saturated heterocycles. The summed E-state index contributed by atoms with van der Waals surface area (Å²) in [5.74, 6) is -1.64. The summed E-state index contributed by atoms with van der Waals surface area (Å²) in [5, 5.41) is 0. The lowest BCUT2D eigenvalue weighted by molar-refractivity contribution is -0.275. The fraction of sp³-hybridized carbons (Fsp3) is 0.600. The Morgan fingerprint density at radius 3 is 2.14 bits per heavy atom. The van der Waals surface area contributed by atoms with Crippen LogP contribution in [0.25, 0.3) is 0 Å². The van der Waals surface area contributed by atoms with E-state index in [1.165, 1.54) is 6.07 Å². The number of benzene rings is 1. The monoisotopic (exact) mass is 316 g/mol. The van der Waals surface area contributed by atoms with Crippen LogP contribution in [0.4, 0.5) is 8.78 Å². The summed E-state index contributed by atoms with van der Waals surface area (Å²) in [6.07, 6.45) is 0.626. The van der Waals surface area contributed by atoms with Gasteiger partial charge in [-0.15, -0.1) is 0 Å². The van der Waals surface area contributed by atoms with E-state index in [-0.39, 0.29) is 22.0 Å². The third-order valence-corrected chi connectivity index (χ3v) is 3.26. The molecule has 0 bridgehead atoms. The summed E-state index contributed by atoms with van der Waals surface area (Å²) in [5.41, 5.74) is 0.746. The van der Waals surface area contributed by atoms with Crippen LogP contribution in [-0.4, -0.2) is 28.4 Å². The molecule has 0 aliphatic carbocycles. The Kier molecular flexibility index (Phi) is 8.03. The SMILES string of the molecule is CC(C)OC(O[Si]CCc1ccc(F)c(F)c1)OC(C)C. The predicted octanol–water partition coefficient (Wildman–Crippen LogP) is 3.70. The minimum Gasteiger partial charge on any atom is -0.372 e. The molecule has 0 aliphatic heterocycles. The Hall–Kier alpha value is -0.823. The van der Waals surface area contributed by atoms with E-state index in [0.717, 1.165) is 11.6 Å². The molecule has 0 fully saturated rings. The highest BCUT2D eigenvalue weighted by Crippen LogP contribution is 2.11. The molecule has 0 spiro atoms. The second-order valence-corrected chi connectivity index (χ2v) is 6.19. The van der Waals surface area contributed by atoms with Crippen LogP contribution in [0.1, 0.15) is 33.3 Å². The lowest BCUT2D eigenvalue weighted by Crippen LogP contribution is -2.28. The molecular weight excluding hydrogens is 294 g/mol. The highest BCUT2D eigenvalue weighted by Gasteiger charge is 2.14. The molecule has 6 heteroatoms. The zero-order chi connectivity index (χ0) is 15.8. The average Bonchev–Trinajstić information content (AvgIpc) is 2.37. The van der Waals surface area contributed by atoms with Gasteiger partial charge in [0.2, 0.25) is 9.76 Å². The van der Waals surface area contributed by atoms with Crippen molar-refractivity contribution < 1.29 is 22.7 Å². The summed E-state index contributed by atoms with van der Waals surface area (Å²) in [4.78, 5) is 0. The Balaban J connectivity index is 2.34. The van der Waals surface area contributed by atoms with Crippen LogP contribution in [0.5, 0.6) is 0 Å². The standard InChI is InChI=1S/C15H22F2O3Si/c1-10(2)18-15(19-11(3)4)20-21-8-7-12-5-6-13(16)14(17)9-12/h5-6,9-11,15H,7-8H2,1-4H3. The van der Waals surface area contributed by atoms with Crippen molar-refractivity contribution in [2.75, 3.05) is 0 Å². The fourth-order valence-corrected chi connectivity index (χ4v) is 2.31. The van der Waals surface area contributed by atoms with Crippen molar-refractivity contribution in [2.24, 2.45) is 0 Å². The molecule has 118 valence electrons. The quantitative estimate of drug-likeness (QED) is 0.395. The Labute approximate surface area is 127 Å². The molecule has 1 aromatic carbocycles. The molecule has 0 unspecified atom stereocenters. The van der Waals surface area contributed by atoms with Gasteiger partial charge >= 0.3 is 0 Å². The van der Waals surface area contributed by atoms with Crippen LogP contribution < -0.4 is 0 Å². The maximum absolute atomic E-state index is 13.1. The van der Waals surface area contributed by atoms with Gasteiger partial charge in [-0.1, -0.05) is 6.07 Å². The van der Waals surface area contributed by atoms with Gasteiger partial charge in [-0.05, 0) is 57.9 Å². The summed E-state index contributed by atoms with van der Waals surface area (Å²) < 4.78 is 42.4. The van der Waals surface area contributed by atoms with Gasteiger partial charge in [0, 0.05) is 0 Å². The van der Waals surface area contributed by atoms with Gasteiger partial charge in [0.1, 0.15) is 0 Å². The van der Waals surface area contributed by atoms with Crippen LogP contribution >= 0.6 is 0 Å². The summed E-state index contributed by atoms with van der Waals surface area (Å²) in [6.45, 7) is 6.94. The average molecular weight is 316 g/mol. The Bertz CT molecular complexity index is 417. The van der Waals surface area contributed by atoms with Gasteiger partial charge in [0.15, 0.2) is 11.6 Å². The third kappa shape index (κ3) is 7.66. The summed E-state index contributed by atoms with van der Waals surface area (Å²) in [6, 6.07) is 4.63. The summed E-state index contributed by atoms with van der Waals surface area (Å²) in [7, 11) is 0.165. The van der Waals surface area contributed by atoms with E-state index in [2.05, 4.69) is 0 Å². The van der Waals surface area contributed by atoms with Crippen molar-refractivity contribution in [1.29, 1.82) is 0 Å². The second kappa shape index (κ2) is 9.25. The van der Waals surface area contributed by atoms with E-state index < -0.39 is 18.1 Å². The molecule has 0 aromatic heterocycles. The van der Waals surface area contributed by atoms with Crippen molar-refractivity contribution in [3.05, 3.63) is 35.4 Å². The van der Waals surface area contributed by atoms with Crippen LogP contribution in [0.3, 0.4) is 0 Å². The van der Waals surface area contributed by atoms with Gasteiger partial charge in [-0.2, -0.15) is 0 Å². The smallest absolute Gasteiger partial charge is 0.262 e. The fourth-order valence-electron chi connectivity index (χ4n) is 1.55. The number of hydrogen-bond acceptors (Lipinski definition) is 3. The number of aryl methyl sites for hydroxylation is 1. The molecule has 0 amide bonds. The first-order chi connectivity index (χ1) is 9.88. The molecular formula is C15H22F2O3Si. The minimum atomic E-state index is -0.826. The van der Waals surface area contributed by atoms with Gasteiger partial charge in [0.05, 0.1) is 12.2 Å². The first-order valence-corrected chi connectivity index (χ1v) is 8.13. The zero-order valence-corrected chi connectivity index (χ0v) is 13.9. The summed E-state index contributed by atoms with van der Waals surface area (Å²) >= 11 is 0. The van der Waals surface area contributed by atoms with Gasteiger partial charge in [-0.3, -0.25) is 0 Å². The Morgan fingerprint density at radius 2 is 1.62 bits per heavy atom. The van der Waals surface area contributed by atoms with Crippen molar-refractivity contribution in [1.82, 2.24) is 0 Å². The van der Waals surface area contributed by atoms with E-state index in [4.69, 9.17) is 13.9 Å². The molecule has 2 radical (unpaired) electrons. The van der Waals surface area contributed by atoms with Gasteiger partial charge < -0.3 is 13.9 Å². The third-order valence-electron chi connectivity index (χ3n) is 2.45. The van der Waals surface area contributed by atoms with E-state index in [9.17, 15) is 8.78 Å². The molecule has 1 aromatic rings. The van der Waals surface area contributed by atoms with Crippen LogP contribution in [0, 0.1) is 11.6 Å². The molecule has 0 heterocycles. The zero-order valence-electron chi connectivity index (χ0n) is 12.9. The van der Waals surface area contributed by atoms with E-state index in [0.29, 0.717) is 12.5 Å². The molecule has 3 nitrogen and oxygen atoms in total. The van der Waals surface area contributed by atoms with Crippen molar-refractivity contribution in [2.45, 2.75) is 58.8 Å². The lowest BCUT2D eigenvalue weighted by Gasteiger charge is -2.22. The number of hydrogen-bond donors (Lipinski definition) is 0. The molecule has 0 saturated carbocycles. The van der Waals surface area contributed by atoms with E-state index >= 15 is 0 Å². The maximum atomic E-state index is 13.1. The number of rotatable bonds is 9. The number of halogens is 2. The molecule has 0 atom stereocenters. The first kappa shape index (κ1) is 18.2. The molecule has 21 heavy (non-hydrogen) atoms. The van der Waals surface area contributed by atoms with Crippen molar-refractivity contribution in [3.8, 4) is 0 Å². The highest BCUT2D eigenvalue weighted by molar-refractivity contribution is 6.27. The minimum absolute atomic E-state index is 0.00439.